The summed E-state index contributed by atoms with van der Waals surface area (Å²) in [7, 11) is 0. The van der Waals surface area contributed by atoms with Crippen molar-refractivity contribution < 1.29 is 14.4 Å². The van der Waals surface area contributed by atoms with Gasteiger partial charge in [-0.3, -0.25) is 19.3 Å². The SMILES string of the molecule is CC1CC(=O)N(CC(=O)c2cc(Cl)sc2Cl)C1=O. The second-order valence-corrected chi connectivity index (χ2v) is 6.37. The average molecular weight is 306 g/mol. The lowest BCUT2D eigenvalue weighted by Gasteiger charge is -2.12. The minimum absolute atomic E-state index is 0.157. The molecule has 0 aromatic carbocycles. The summed E-state index contributed by atoms with van der Waals surface area (Å²) in [6.07, 6.45) is 0.157. The molecule has 0 radical (unpaired) electrons. The van der Waals surface area contributed by atoms with Gasteiger partial charge >= 0.3 is 0 Å². The average Bonchev–Trinajstić information content (AvgIpc) is 2.73. The molecule has 0 N–H and O–H groups in total. The number of Topliss-reactive ketones (excluding diaryl/α,β-unsaturated/α-hetero) is 1. The third kappa shape index (κ3) is 2.43. The van der Waals surface area contributed by atoms with Crippen molar-refractivity contribution in [1.29, 1.82) is 0 Å². The molecule has 0 aliphatic carbocycles. The smallest absolute Gasteiger partial charge is 0.232 e. The van der Waals surface area contributed by atoms with E-state index < -0.39 is 0 Å². The molecule has 2 amide bonds. The van der Waals surface area contributed by atoms with E-state index in [-0.39, 0.29) is 46.4 Å². The fourth-order valence-corrected chi connectivity index (χ4v) is 3.27. The number of hydrogen-bond acceptors (Lipinski definition) is 4. The lowest BCUT2D eigenvalue weighted by Crippen LogP contribution is -2.35. The van der Waals surface area contributed by atoms with Gasteiger partial charge in [0.1, 0.15) is 4.34 Å². The summed E-state index contributed by atoms with van der Waals surface area (Å²) in [6.45, 7) is 1.40. The number of rotatable bonds is 3. The molecule has 2 rings (SSSR count). The molecule has 1 aliphatic heterocycles. The van der Waals surface area contributed by atoms with Crippen LogP contribution in [-0.2, 0) is 9.59 Å². The van der Waals surface area contributed by atoms with Gasteiger partial charge in [-0.25, -0.2) is 0 Å². The van der Waals surface area contributed by atoms with E-state index in [0.717, 1.165) is 16.2 Å². The van der Waals surface area contributed by atoms with Crippen LogP contribution < -0.4 is 0 Å². The molecule has 7 heteroatoms. The maximum atomic E-state index is 12.0. The lowest BCUT2D eigenvalue weighted by molar-refractivity contribution is -0.138. The summed E-state index contributed by atoms with van der Waals surface area (Å²) in [5, 5.41) is 0. The van der Waals surface area contributed by atoms with E-state index in [1.54, 1.807) is 6.92 Å². The Morgan fingerprint density at radius 2 is 2.17 bits per heavy atom. The molecule has 0 saturated carbocycles. The van der Waals surface area contributed by atoms with E-state index in [0.29, 0.717) is 4.34 Å². The molecule has 0 bridgehead atoms. The Morgan fingerprint density at radius 1 is 1.50 bits per heavy atom. The highest BCUT2D eigenvalue weighted by Gasteiger charge is 2.37. The summed E-state index contributed by atoms with van der Waals surface area (Å²) in [5.41, 5.74) is 0.256. The predicted molar refractivity (Wildman–Crippen MR) is 69.2 cm³/mol. The second kappa shape index (κ2) is 4.99. The van der Waals surface area contributed by atoms with Gasteiger partial charge in [0.2, 0.25) is 11.8 Å². The van der Waals surface area contributed by atoms with Crippen molar-refractivity contribution in [2.24, 2.45) is 5.92 Å². The normalized spacial score (nSPS) is 19.7. The van der Waals surface area contributed by atoms with Crippen LogP contribution in [0.1, 0.15) is 23.7 Å². The number of carbonyl (C=O) groups excluding carboxylic acids is 3. The Balaban J connectivity index is 2.15. The van der Waals surface area contributed by atoms with E-state index in [9.17, 15) is 14.4 Å². The fraction of sp³-hybridized carbons (Fsp3) is 0.364. The first kappa shape index (κ1) is 13.5. The Bertz CT molecular complexity index is 540. The third-order valence-electron chi connectivity index (χ3n) is 2.73. The number of halogens is 2. The van der Waals surface area contributed by atoms with E-state index >= 15 is 0 Å². The molecule has 1 fully saturated rings. The molecule has 1 unspecified atom stereocenters. The minimum Gasteiger partial charge on any atom is -0.292 e. The van der Waals surface area contributed by atoms with Crippen LogP contribution in [0.5, 0.6) is 0 Å². The van der Waals surface area contributed by atoms with E-state index in [1.807, 2.05) is 0 Å². The first-order chi connectivity index (χ1) is 8.40. The Labute approximate surface area is 117 Å². The molecule has 96 valence electrons. The van der Waals surface area contributed by atoms with Crippen molar-refractivity contribution in [3.8, 4) is 0 Å². The van der Waals surface area contributed by atoms with Gasteiger partial charge in [-0.15, -0.1) is 11.3 Å². The van der Waals surface area contributed by atoms with Gasteiger partial charge in [0.05, 0.1) is 16.4 Å². The van der Waals surface area contributed by atoms with Crippen molar-refractivity contribution >= 4 is 52.1 Å². The summed E-state index contributed by atoms with van der Waals surface area (Å²) in [6, 6.07) is 1.45. The van der Waals surface area contributed by atoms with Crippen LogP contribution in [-0.4, -0.2) is 29.0 Å². The Kier molecular flexibility index (Phi) is 3.75. The third-order valence-corrected chi connectivity index (χ3v) is 4.22. The van der Waals surface area contributed by atoms with Crippen LogP contribution in [0.2, 0.25) is 8.67 Å². The zero-order valence-corrected chi connectivity index (χ0v) is 11.7. The first-order valence-corrected chi connectivity index (χ1v) is 6.79. The Hall–Kier alpha value is -0.910. The number of imide groups is 1. The number of amides is 2. The molecule has 1 saturated heterocycles. The molecule has 1 atom stereocenters. The van der Waals surface area contributed by atoms with E-state index in [4.69, 9.17) is 23.2 Å². The standard InChI is InChI=1S/C11H9Cl2NO3S/c1-5-2-9(16)14(11(5)17)4-7(15)6-3-8(12)18-10(6)13/h3,5H,2,4H2,1H3. The first-order valence-electron chi connectivity index (χ1n) is 5.22. The van der Waals surface area contributed by atoms with Crippen LogP contribution >= 0.6 is 34.5 Å². The van der Waals surface area contributed by atoms with Crippen LogP contribution in [0.25, 0.3) is 0 Å². The molecular weight excluding hydrogens is 297 g/mol. The zero-order chi connectivity index (χ0) is 13.4. The van der Waals surface area contributed by atoms with Crippen LogP contribution in [0, 0.1) is 5.92 Å². The van der Waals surface area contributed by atoms with Crippen molar-refractivity contribution in [2.45, 2.75) is 13.3 Å². The van der Waals surface area contributed by atoms with Gasteiger partial charge in [0, 0.05) is 12.3 Å². The Morgan fingerprint density at radius 3 is 2.61 bits per heavy atom. The molecule has 2 heterocycles. The van der Waals surface area contributed by atoms with Crippen LogP contribution in [0.15, 0.2) is 6.07 Å². The highest BCUT2D eigenvalue weighted by Crippen LogP contribution is 2.32. The van der Waals surface area contributed by atoms with Crippen molar-refractivity contribution in [3.63, 3.8) is 0 Å². The molecule has 1 aliphatic rings. The zero-order valence-electron chi connectivity index (χ0n) is 9.41. The minimum atomic E-state index is -0.376. The van der Waals surface area contributed by atoms with E-state index in [1.165, 1.54) is 6.07 Å². The van der Waals surface area contributed by atoms with Gasteiger partial charge in [-0.05, 0) is 6.07 Å². The quantitative estimate of drug-likeness (QED) is 0.637. The van der Waals surface area contributed by atoms with Gasteiger partial charge in [0.15, 0.2) is 5.78 Å². The van der Waals surface area contributed by atoms with Gasteiger partial charge in [-0.1, -0.05) is 30.1 Å². The molecular formula is C11H9Cl2NO3S. The summed E-state index contributed by atoms with van der Waals surface area (Å²) >= 11 is 12.7. The molecule has 4 nitrogen and oxygen atoms in total. The number of nitrogens with zero attached hydrogens (tertiary/aromatic N) is 1. The number of hydrogen-bond donors (Lipinski definition) is 0. The summed E-state index contributed by atoms with van der Waals surface area (Å²) in [4.78, 5) is 36.1. The number of likely N-dealkylation sites (tertiary alicyclic amines) is 1. The van der Waals surface area contributed by atoms with Gasteiger partial charge in [0.25, 0.3) is 0 Å². The van der Waals surface area contributed by atoms with Crippen molar-refractivity contribution in [1.82, 2.24) is 4.90 Å². The van der Waals surface area contributed by atoms with Crippen LogP contribution in [0.4, 0.5) is 0 Å². The number of thiophene rings is 1. The molecule has 18 heavy (non-hydrogen) atoms. The molecule has 1 aromatic heterocycles. The highest BCUT2D eigenvalue weighted by molar-refractivity contribution is 7.20. The van der Waals surface area contributed by atoms with Gasteiger partial charge in [-0.2, -0.15) is 0 Å². The summed E-state index contributed by atoms with van der Waals surface area (Å²) < 4.78 is 0.674. The van der Waals surface area contributed by atoms with Crippen molar-refractivity contribution in [2.75, 3.05) is 6.54 Å². The van der Waals surface area contributed by atoms with Crippen molar-refractivity contribution in [3.05, 3.63) is 20.3 Å². The monoisotopic (exact) mass is 305 g/mol. The topological polar surface area (TPSA) is 54.5 Å². The van der Waals surface area contributed by atoms with Gasteiger partial charge < -0.3 is 0 Å². The highest BCUT2D eigenvalue weighted by atomic mass is 35.5. The molecule has 0 spiro atoms. The maximum absolute atomic E-state index is 12.0. The maximum Gasteiger partial charge on any atom is 0.232 e. The predicted octanol–water partition coefficient (Wildman–Crippen LogP) is 2.63. The second-order valence-electron chi connectivity index (χ2n) is 4.08. The summed E-state index contributed by atoms with van der Waals surface area (Å²) in [5.74, 6) is -1.37. The number of carbonyl (C=O) groups is 3. The lowest BCUT2D eigenvalue weighted by atomic mass is 10.1. The van der Waals surface area contributed by atoms with E-state index in [2.05, 4.69) is 0 Å². The fourth-order valence-electron chi connectivity index (χ4n) is 1.77. The van der Waals surface area contributed by atoms with Crippen LogP contribution in [0.3, 0.4) is 0 Å². The largest absolute Gasteiger partial charge is 0.292 e. The molecule has 1 aromatic rings. The number of ketones is 1.